The van der Waals surface area contributed by atoms with Gasteiger partial charge in [0.05, 0.1) is 22.6 Å². The number of fused-ring (bicyclic) bond motifs is 1. The summed E-state index contributed by atoms with van der Waals surface area (Å²) in [5.41, 5.74) is 1.81. The van der Waals surface area contributed by atoms with Gasteiger partial charge < -0.3 is 15.0 Å². The summed E-state index contributed by atoms with van der Waals surface area (Å²) in [4.78, 5) is 43.8. The molecule has 1 aromatic carbocycles. The Balaban J connectivity index is 1.63. The highest BCUT2D eigenvalue weighted by Gasteiger charge is 2.36. The first-order valence-corrected chi connectivity index (χ1v) is 13.4. The van der Waals surface area contributed by atoms with Gasteiger partial charge in [-0.05, 0) is 42.2 Å². The molecule has 2 aromatic heterocycles. The maximum atomic E-state index is 13.1. The SMILES string of the molecule is COCCS(=O)(=O)C(C(=O)CCC(=O)NC1CC1)c1nc2ccc(-c3cc[nH]c(=O)c3)cc2s1. The van der Waals surface area contributed by atoms with Crippen molar-refractivity contribution in [3.63, 3.8) is 0 Å². The van der Waals surface area contributed by atoms with Gasteiger partial charge in [0.25, 0.3) is 0 Å². The number of H-pyrrole nitrogens is 1. The number of sulfone groups is 1. The molecule has 0 saturated heterocycles. The van der Waals surface area contributed by atoms with Gasteiger partial charge in [-0.2, -0.15) is 0 Å². The second-order valence-electron chi connectivity index (χ2n) is 8.22. The summed E-state index contributed by atoms with van der Waals surface area (Å²) in [5, 5.41) is 1.52. The van der Waals surface area contributed by atoms with Crippen LogP contribution in [0.4, 0.5) is 0 Å². The number of ketones is 1. The van der Waals surface area contributed by atoms with Crippen molar-refractivity contribution >= 4 is 43.1 Å². The average molecular weight is 504 g/mol. The third kappa shape index (κ3) is 5.78. The minimum absolute atomic E-state index is 0.0497. The normalized spacial score (nSPS) is 14.7. The number of hydrogen-bond donors (Lipinski definition) is 2. The second-order valence-corrected chi connectivity index (χ2v) is 11.5. The van der Waals surface area contributed by atoms with Gasteiger partial charge in [-0.1, -0.05) is 6.07 Å². The number of aromatic amines is 1. The lowest BCUT2D eigenvalue weighted by Gasteiger charge is -2.14. The van der Waals surface area contributed by atoms with Crippen LogP contribution in [0.25, 0.3) is 21.3 Å². The Hall–Kier alpha value is -2.89. The van der Waals surface area contributed by atoms with Gasteiger partial charge in [0.2, 0.25) is 11.5 Å². The third-order valence-electron chi connectivity index (χ3n) is 5.50. The fourth-order valence-electron chi connectivity index (χ4n) is 3.56. The number of ether oxygens (including phenoxy) is 1. The molecule has 0 spiro atoms. The van der Waals surface area contributed by atoms with Crippen LogP contribution >= 0.6 is 11.3 Å². The molecule has 34 heavy (non-hydrogen) atoms. The van der Waals surface area contributed by atoms with E-state index >= 15 is 0 Å². The number of aromatic nitrogens is 2. The molecule has 0 aliphatic heterocycles. The topological polar surface area (TPSA) is 135 Å². The number of nitrogens with zero attached hydrogens (tertiary/aromatic N) is 1. The van der Waals surface area contributed by atoms with Gasteiger partial charge in [0, 0.05) is 38.3 Å². The number of carbonyl (C=O) groups is 2. The first-order chi connectivity index (χ1) is 16.3. The van der Waals surface area contributed by atoms with Crippen LogP contribution in [0.2, 0.25) is 0 Å². The first-order valence-electron chi connectivity index (χ1n) is 10.9. The minimum Gasteiger partial charge on any atom is -0.384 e. The molecule has 0 radical (unpaired) electrons. The molecule has 2 heterocycles. The van der Waals surface area contributed by atoms with Crippen molar-refractivity contribution in [1.82, 2.24) is 15.3 Å². The summed E-state index contributed by atoms with van der Waals surface area (Å²) < 4.78 is 31.8. The van der Waals surface area contributed by atoms with E-state index in [4.69, 9.17) is 4.74 Å². The Morgan fingerprint density at radius 3 is 2.68 bits per heavy atom. The number of amides is 1. The van der Waals surface area contributed by atoms with Gasteiger partial charge in [-0.3, -0.25) is 14.4 Å². The molecule has 1 aliphatic carbocycles. The molecule has 4 rings (SSSR count). The van der Waals surface area contributed by atoms with Gasteiger partial charge >= 0.3 is 0 Å². The quantitative estimate of drug-likeness (QED) is 0.410. The zero-order chi connectivity index (χ0) is 24.3. The molecule has 1 unspecified atom stereocenters. The van der Waals surface area contributed by atoms with Crippen LogP contribution in [0.3, 0.4) is 0 Å². The van der Waals surface area contributed by atoms with E-state index in [1.165, 1.54) is 13.2 Å². The van der Waals surface area contributed by atoms with Crippen molar-refractivity contribution < 1.29 is 22.7 Å². The van der Waals surface area contributed by atoms with Gasteiger partial charge in [0.15, 0.2) is 20.9 Å². The summed E-state index contributed by atoms with van der Waals surface area (Å²) in [5.74, 6) is -1.14. The molecule has 1 fully saturated rings. The molecule has 2 N–H and O–H groups in total. The number of rotatable bonds is 11. The molecule has 1 aliphatic rings. The number of hydrogen-bond acceptors (Lipinski definition) is 8. The van der Waals surface area contributed by atoms with Crippen molar-refractivity contribution in [3.05, 3.63) is 51.9 Å². The lowest BCUT2D eigenvalue weighted by atomic mass is 10.1. The lowest BCUT2D eigenvalue weighted by molar-refractivity contribution is -0.125. The molecule has 0 bridgehead atoms. The highest BCUT2D eigenvalue weighted by Crippen LogP contribution is 2.35. The maximum absolute atomic E-state index is 13.1. The number of benzene rings is 1. The molecule has 1 saturated carbocycles. The van der Waals surface area contributed by atoms with Crippen molar-refractivity contribution in [2.75, 3.05) is 19.5 Å². The van der Waals surface area contributed by atoms with Crippen molar-refractivity contribution in [2.24, 2.45) is 0 Å². The molecule has 1 amide bonds. The summed E-state index contributed by atoms with van der Waals surface area (Å²) in [6.45, 7) is -0.0497. The number of Topliss-reactive ketones (excluding diaryl/α,β-unsaturated/α-hetero) is 1. The van der Waals surface area contributed by atoms with Gasteiger partial charge in [-0.25, -0.2) is 13.4 Å². The van der Waals surface area contributed by atoms with Crippen LogP contribution in [-0.2, 0) is 24.2 Å². The van der Waals surface area contributed by atoms with E-state index in [0.29, 0.717) is 15.8 Å². The zero-order valence-corrected chi connectivity index (χ0v) is 20.2. The number of thiazole rings is 1. The molecule has 11 heteroatoms. The van der Waals surface area contributed by atoms with Gasteiger partial charge in [-0.15, -0.1) is 11.3 Å². The van der Waals surface area contributed by atoms with E-state index in [1.807, 2.05) is 6.07 Å². The van der Waals surface area contributed by atoms with Crippen LogP contribution in [-0.4, -0.2) is 55.6 Å². The standard InChI is InChI=1S/C23H25N3O6S2/c1-32-10-11-34(30,31)22(18(27)6-7-20(28)25-16-3-4-16)23-26-17-5-2-14(12-19(17)33-23)15-8-9-24-21(29)13-15/h2,5,8-9,12-13,16,22H,3-4,6-7,10-11H2,1H3,(H,24,29)(H,25,28). The number of carbonyl (C=O) groups excluding carboxylic acids is 2. The van der Waals surface area contributed by atoms with E-state index in [2.05, 4.69) is 15.3 Å². The average Bonchev–Trinajstić information content (AvgIpc) is 3.51. The van der Waals surface area contributed by atoms with E-state index in [0.717, 1.165) is 29.7 Å². The monoisotopic (exact) mass is 503 g/mol. The van der Waals surface area contributed by atoms with E-state index < -0.39 is 20.9 Å². The molecule has 3 aromatic rings. The molecule has 9 nitrogen and oxygen atoms in total. The fourth-order valence-corrected chi connectivity index (χ4v) is 6.67. The molecular weight excluding hydrogens is 478 g/mol. The summed E-state index contributed by atoms with van der Waals surface area (Å²) >= 11 is 1.12. The maximum Gasteiger partial charge on any atom is 0.248 e. The van der Waals surface area contributed by atoms with Crippen LogP contribution in [0.1, 0.15) is 35.9 Å². The van der Waals surface area contributed by atoms with Crippen LogP contribution in [0.15, 0.2) is 41.3 Å². The Morgan fingerprint density at radius 2 is 1.97 bits per heavy atom. The Kier molecular flexibility index (Phi) is 7.24. The minimum atomic E-state index is -3.91. The van der Waals surface area contributed by atoms with Crippen LogP contribution < -0.4 is 10.9 Å². The Bertz CT molecular complexity index is 1370. The summed E-state index contributed by atoms with van der Waals surface area (Å²) in [6.07, 6.45) is 3.15. The number of methoxy groups -OCH3 is 1. The fraction of sp³-hybridized carbons (Fsp3) is 0.391. The van der Waals surface area contributed by atoms with E-state index in [9.17, 15) is 22.8 Å². The highest BCUT2D eigenvalue weighted by molar-refractivity contribution is 7.92. The molecule has 1 atom stereocenters. The Labute approximate surface area is 200 Å². The predicted octanol–water partition coefficient (Wildman–Crippen LogP) is 2.38. The second kappa shape index (κ2) is 10.2. The third-order valence-corrected chi connectivity index (χ3v) is 8.67. The van der Waals surface area contributed by atoms with Crippen molar-refractivity contribution in [2.45, 2.75) is 37.0 Å². The number of nitrogens with one attached hydrogen (secondary N) is 2. The lowest BCUT2D eigenvalue weighted by Crippen LogP contribution is -2.29. The van der Waals surface area contributed by atoms with Crippen LogP contribution in [0, 0.1) is 0 Å². The predicted molar refractivity (Wildman–Crippen MR) is 129 cm³/mol. The highest BCUT2D eigenvalue weighted by atomic mass is 32.2. The zero-order valence-electron chi connectivity index (χ0n) is 18.6. The van der Waals surface area contributed by atoms with Crippen molar-refractivity contribution in [1.29, 1.82) is 0 Å². The first kappa shape index (κ1) is 24.2. The molecular formula is C23H25N3O6S2. The summed E-state index contributed by atoms with van der Waals surface area (Å²) in [7, 11) is -2.52. The number of pyridine rings is 1. The van der Waals surface area contributed by atoms with Crippen molar-refractivity contribution in [3.8, 4) is 11.1 Å². The van der Waals surface area contributed by atoms with E-state index in [1.54, 1.807) is 24.4 Å². The summed E-state index contributed by atoms with van der Waals surface area (Å²) in [6, 6.07) is 8.74. The molecule has 180 valence electrons. The largest absolute Gasteiger partial charge is 0.384 e. The Morgan fingerprint density at radius 1 is 1.21 bits per heavy atom. The smallest absolute Gasteiger partial charge is 0.248 e. The van der Waals surface area contributed by atoms with Crippen LogP contribution in [0.5, 0.6) is 0 Å². The van der Waals surface area contributed by atoms with E-state index in [-0.39, 0.29) is 47.7 Å². The van der Waals surface area contributed by atoms with Gasteiger partial charge in [0.1, 0.15) is 5.01 Å².